The predicted molar refractivity (Wildman–Crippen MR) is 90.1 cm³/mol. The van der Waals surface area contributed by atoms with Crippen LogP contribution in [-0.4, -0.2) is 24.5 Å². The molecule has 0 aliphatic carbocycles. The average Bonchev–Trinajstić information content (AvgIpc) is 3.09. The van der Waals surface area contributed by atoms with E-state index in [1.54, 1.807) is 35.8 Å². The third-order valence-electron chi connectivity index (χ3n) is 2.89. The van der Waals surface area contributed by atoms with Gasteiger partial charge in [0.05, 0.1) is 4.90 Å². The molecule has 116 valence electrons. The van der Waals surface area contributed by atoms with E-state index in [2.05, 4.69) is 19.9 Å². The molecule has 1 heterocycles. The Morgan fingerprint density at radius 2 is 1.65 bits per heavy atom. The van der Waals surface area contributed by atoms with Crippen molar-refractivity contribution in [1.29, 1.82) is 0 Å². The Hall–Kier alpha value is -2.58. The van der Waals surface area contributed by atoms with Crippen LogP contribution in [0.4, 0.5) is 5.13 Å². The van der Waals surface area contributed by atoms with Gasteiger partial charge in [-0.05, 0) is 12.1 Å². The topological polar surface area (TPSA) is 84.3 Å². The largest absolute Gasteiger partial charge is 0.314 e. The van der Waals surface area contributed by atoms with Gasteiger partial charge in [-0.2, -0.15) is 8.42 Å². The van der Waals surface area contributed by atoms with E-state index in [4.69, 9.17) is 0 Å². The summed E-state index contributed by atoms with van der Waals surface area (Å²) in [6.07, 6.45) is 0. The van der Waals surface area contributed by atoms with E-state index in [1.807, 2.05) is 18.2 Å². The van der Waals surface area contributed by atoms with E-state index in [9.17, 15) is 8.42 Å². The highest BCUT2D eigenvalue weighted by atomic mass is 32.2. The van der Waals surface area contributed by atoms with Gasteiger partial charge >= 0.3 is 0 Å². The monoisotopic (exact) mass is 344 g/mol. The second-order valence-corrected chi connectivity index (χ2v) is 6.90. The minimum Gasteiger partial charge on any atom is -0.314 e. The number of hydrogen-bond acceptors (Lipinski definition) is 5. The maximum atomic E-state index is 12.5. The van der Waals surface area contributed by atoms with Crippen LogP contribution in [0.5, 0.6) is 0 Å². The van der Waals surface area contributed by atoms with Crippen LogP contribution in [0.25, 0.3) is 0 Å². The summed E-state index contributed by atoms with van der Waals surface area (Å²) in [5.41, 5.74) is 2.19. The first kappa shape index (κ1) is 15.3. The van der Waals surface area contributed by atoms with Crippen molar-refractivity contribution < 1.29 is 8.42 Å². The fraction of sp³-hybridized carbons (Fsp3) is 0. The molecule has 0 saturated carbocycles. The number of nitrogens with zero attached hydrogens (tertiary/aromatic N) is 3. The molecular formula is C15H12N4O2S2. The molecule has 0 aliphatic rings. The lowest BCUT2D eigenvalue weighted by Gasteiger charge is -2.07. The summed E-state index contributed by atoms with van der Waals surface area (Å²) >= 11 is 1.26. The van der Waals surface area contributed by atoms with Crippen LogP contribution >= 0.6 is 11.3 Å². The van der Waals surface area contributed by atoms with E-state index in [0.29, 0.717) is 10.7 Å². The Bertz CT molecular complexity index is 893. The molecule has 2 aromatic carbocycles. The van der Waals surface area contributed by atoms with Crippen molar-refractivity contribution >= 4 is 32.3 Å². The highest BCUT2D eigenvalue weighted by molar-refractivity contribution is 7.90. The first-order chi connectivity index (χ1) is 11.1. The Labute approximate surface area is 137 Å². The fourth-order valence-corrected chi connectivity index (χ4v) is 3.28. The molecule has 0 saturated heterocycles. The zero-order valence-electron chi connectivity index (χ0n) is 11.8. The lowest BCUT2D eigenvalue weighted by Crippen LogP contribution is -2.16. The summed E-state index contributed by atoms with van der Waals surface area (Å²) < 4.78 is 28.9. The van der Waals surface area contributed by atoms with E-state index < -0.39 is 10.0 Å². The molecule has 0 radical (unpaired) electrons. The standard InChI is InChI=1S/C15H12N4O2S2/c20-23(21,13-9-5-2-6-10-13)19-14(12-7-3-1-4-8-12)17-15-18-16-11-22-15/h1-11H,(H,17,18,19). The lowest BCUT2D eigenvalue weighted by molar-refractivity contribution is 0.598. The highest BCUT2D eigenvalue weighted by Gasteiger charge is 2.16. The Morgan fingerprint density at radius 1 is 1.00 bits per heavy atom. The number of benzene rings is 2. The van der Waals surface area contributed by atoms with Crippen molar-refractivity contribution in [2.75, 3.05) is 5.32 Å². The summed E-state index contributed by atoms with van der Waals surface area (Å²) in [5, 5.41) is 11.0. The van der Waals surface area contributed by atoms with E-state index >= 15 is 0 Å². The van der Waals surface area contributed by atoms with Crippen LogP contribution in [0.3, 0.4) is 0 Å². The number of aromatic nitrogens is 2. The Morgan fingerprint density at radius 3 is 2.26 bits per heavy atom. The van der Waals surface area contributed by atoms with Gasteiger partial charge in [0.15, 0.2) is 5.84 Å². The summed E-state index contributed by atoms with van der Waals surface area (Å²) in [4.78, 5) is 0.132. The molecule has 0 bridgehead atoms. The first-order valence-electron chi connectivity index (χ1n) is 6.64. The smallest absolute Gasteiger partial charge is 0.284 e. The van der Waals surface area contributed by atoms with Gasteiger partial charge in [0.1, 0.15) is 5.51 Å². The summed E-state index contributed by atoms with van der Waals surface area (Å²) in [5.74, 6) is 0.200. The maximum absolute atomic E-state index is 12.5. The van der Waals surface area contributed by atoms with Crippen molar-refractivity contribution in [1.82, 2.24) is 10.2 Å². The molecule has 0 amide bonds. The van der Waals surface area contributed by atoms with Crippen molar-refractivity contribution in [2.45, 2.75) is 4.90 Å². The molecule has 8 heteroatoms. The van der Waals surface area contributed by atoms with Gasteiger partial charge < -0.3 is 5.32 Å². The zero-order valence-corrected chi connectivity index (χ0v) is 13.5. The Balaban J connectivity index is 2.04. The van der Waals surface area contributed by atoms with Gasteiger partial charge in [0.2, 0.25) is 5.13 Å². The van der Waals surface area contributed by atoms with Crippen LogP contribution < -0.4 is 5.32 Å². The molecule has 0 aliphatic heterocycles. The van der Waals surface area contributed by atoms with Gasteiger partial charge in [0.25, 0.3) is 10.0 Å². The van der Waals surface area contributed by atoms with Gasteiger partial charge in [-0.3, -0.25) is 0 Å². The quantitative estimate of drug-likeness (QED) is 0.581. The third kappa shape index (κ3) is 3.79. The minimum absolute atomic E-state index is 0.132. The fourth-order valence-electron chi connectivity index (χ4n) is 1.84. The summed E-state index contributed by atoms with van der Waals surface area (Å²) in [7, 11) is -3.83. The van der Waals surface area contributed by atoms with Gasteiger partial charge in [-0.25, -0.2) is 0 Å². The number of amidine groups is 1. The molecule has 3 rings (SSSR count). The predicted octanol–water partition coefficient (Wildman–Crippen LogP) is 2.79. The normalized spacial score (nSPS) is 12.1. The molecule has 0 atom stereocenters. The van der Waals surface area contributed by atoms with Crippen molar-refractivity contribution in [2.24, 2.45) is 4.40 Å². The number of hydrogen-bond donors (Lipinski definition) is 1. The molecule has 0 fully saturated rings. The van der Waals surface area contributed by atoms with Crippen molar-refractivity contribution in [3.63, 3.8) is 0 Å². The van der Waals surface area contributed by atoms with Crippen LogP contribution in [-0.2, 0) is 10.0 Å². The highest BCUT2D eigenvalue weighted by Crippen LogP contribution is 2.16. The molecule has 3 aromatic rings. The number of nitrogens with one attached hydrogen (secondary N) is 1. The molecule has 1 aromatic heterocycles. The van der Waals surface area contributed by atoms with Crippen LogP contribution in [0.15, 0.2) is 75.5 Å². The number of rotatable bonds is 4. The number of sulfonamides is 1. The van der Waals surface area contributed by atoms with E-state index in [1.165, 1.54) is 23.5 Å². The minimum atomic E-state index is -3.83. The number of anilines is 1. The third-order valence-corrected chi connectivity index (χ3v) is 4.78. The van der Waals surface area contributed by atoms with Crippen LogP contribution in [0, 0.1) is 0 Å². The zero-order chi connectivity index (χ0) is 16.1. The SMILES string of the molecule is O=S(=O)(N=C(Nc1nncs1)c1ccccc1)c1ccccc1. The molecule has 0 unspecified atom stereocenters. The lowest BCUT2D eigenvalue weighted by atomic mass is 10.2. The average molecular weight is 344 g/mol. The molecule has 6 nitrogen and oxygen atoms in total. The van der Waals surface area contributed by atoms with Gasteiger partial charge in [-0.15, -0.1) is 14.6 Å². The molecule has 0 spiro atoms. The first-order valence-corrected chi connectivity index (χ1v) is 8.96. The van der Waals surface area contributed by atoms with Crippen molar-refractivity contribution in [3.8, 4) is 0 Å². The van der Waals surface area contributed by atoms with Crippen LogP contribution in [0.2, 0.25) is 0 Å². The summed E-state index contributed by atoms with van der Waals surface area (Å²) in [6.45, 7) is 0. The van der Waals surface area contributed by atoms with Gasteiger partial charge in [-0.1, -0.05) is 59.9 Å². The molecule has 1 N–H and O–H groups in total. The van der Waals surface area contributed by atoms with E-state index in [0.717, 1.165) is 0 Å². The van der Waals surface area contributed by atoms with E-state index in [-0.39, 0.29) is 10.7 Å². The van der Waals surface area contributed by atoms with Crippen molar-refractivity contribution in [3.05, 3.63) is 71.7 Å². The second kappa shape index (κ2) is 6.67. The van der Waals surface area contributed by atoms with Crippen LogP contribution in [0.1, 0.15) is 5.56 Å². The molecule has 23 heavy (non-hydrogen) atoms. The second-order valence-electron chi connectivity index (χ2n) is 4.46. The summed E-state index contributed by atoms with van der Waals surface area (Å²) in [6, 6.07) is 17.1. The molecular weight excluding hydrogens is 332 g/mol. The van der Waals surface area contributed by atoms with Gasteiger partial charge in [0, 0.05) is 5.56 Å². The Kier molecular flexibility index (Phi) is 4.45. The maximum Gasteiger partial charge on any atom is 0.284 e.